The number of hydrogen-bond donors (Lipinski definition) is 2. The quantitative estimate of drug-likeness (QED) is 0.0294. The molecule has 0 fully saturated rings. The molecule has 0 aromatic heterocycles. The van der Waals surface area contributed by atoms with Gasteiger partial charge in [0.2, 0.25) is 0 Å². The van der Waals surface area contributed by atoms with Crippen LogP contribution in [-0.4, -0.2) is 76.0 Å². The molecule has 0 radical (unpaired) electrons. The van der Waals surface area contributed by atoms with Gasteiger partial charge in [-0.1, -0.05) is 215 Å². The summed E-state index contributed by atoms with van der Waals surface area (Å²) in [6.45, 7) is 5.64. The summed E-state index contributed by atoms with van der Waals surface area (Å²) in [5, 5.41) is 6.95. The van der Waals surface area contributed by atoms with Gasteiger partial charge < -0.3 is 29.5 Å². The van der Waals surface area contributed by atoms with Gasteiger partial charge in [0.05, 0.1) is 44.9 Å². The zero-order valence-electron chi connectivity index (χ0n) is 40.6. The number of benzene rings is 4. The van der Waals surface area contributed by atoms with Crippen LogP contribution in [0.1, 0.15) is 179 Å². The Bertz CT molecular complexity index is 2060. The second-order valence-electron chi connectivity index (χ2n) is 18.4. The first-order valence-electron chi connectivity index (χ1n) is 25.3. The number of nitrogens with zero attached hydrogens (tertiary/aromatic N) is 2. The van der Waals surface area contributed by atoms with Crippen molar-refractivity contribution in [2.45, 2.75) is 203 Å². The van der Waals surface area contributed by atoms with Crippen LogP contribution in [0, 0.1) is 0 Å². The van der Waals surface area contributed by atoms with E-state index in [2.05, 4.69) is 34.3 Å². The van der Waals surface area contributed by atoms with E-state index in [1.54, 1.807) is 12.1 Å². The molecular formula is C54H78CaN4O6S2. The van der Waals surface area contributed by atoms with Gasteiger partial charge in [0.25, 0.3) is 0 Å². The van der Waals surface area contributed by atoms with Gasteiger partial charge >= 0.3 is 37.7 Å². The molecule has 4 aromatic rings. The normalized spacial score (nSPS) is 15.2. The van der Waals surface area contributed by atoms with Crippen molar-refractivity contribution < 1.29 is 25.9 Å². The Labute approximate surface area is 435 Å². The zero-order valence-corrected chi connectivity index (χ0v) is 44.5. The van der Waals surface area contributed by atoms with Crippen LogP contribution in [0.3, 0.4) is 0 Å². The Morgan fingerprint density at radius 1 is 0.418 bits per heavy atom. The summed E-state index contributed by atoms with van der Waals surface area (Å²) >= 11 is 0. The van der Waals surface area contributed by atoms with Crippen LogP contribution in [-0.2, 0) is 33.3 Å². The van der Waals surface area contributed by atoms with E-state index in [-0.39, 0.29) is 59.9 Å². The van der Waals surface area contributed by atoms with Crippen LogP contribution in [0.25, 0.3) is 0 Å². The number of unbranched alkanes of at least 4 members (excludes halogenated alkanes) is 20. The Hall–Kier alpha value is -2.84. The molecule has 2 atom stereocenters. The Balaban J connectivity index is 0.000000288. The zero-order chi connectivity index (χ0) is 47.0. The van der Waals surface area contributed by atoms with E-state index in [4.69, 9.17) is 0 Å². The largest absolute Gasteiger partial charge is 2.00 e. The molecule has 0 spiro atoms. The molecule has 0 aliphatic carbocycles. The fourth-order valence-corrected chi connectivity index (χ4v) is 10.9. The van der Waals surface area contributed by atoms with Gasteiger partial charge in [0.15, 0.2) is 0 Å². The Morgan fingerprint density at radius 3 is 1.01 bits per heavy atom. The maximum Gasteiger partial charge on any atom is 2.00 e. The van der Waals surface area contributed by atoms with Crippen molar-refractivity contribution in [3.05, 3.63) is 108 Å². The predicted octanol–water partition coefficient (Wildman–Crippen LogP) is 13.7. The molecule has 2 heterocycles. The van der Waals surface area contributed by atoms with Crippen LogP contribution in [0.2, 0.25) is 0 Å². The number of nitrogens with one attached hydrogen (secondary N) is 2. The molecule has 2 aliphatic rings. The van der Waals surface area contributed by atoms with Crippen molar-refractivity contribution in [2.24, 2.45) is 0 Å². The Kier molecular flexibility index (Phi) is 26.0. The monoisotopic (exact) mass is 982 g/mol. The molecule has 0 saturated heterocycles. The third-order valence-corrected chi connectivity index (χ3v) is 14.8. The molecule has 2 unspecified atom stereocenters. The molecular weight excluding hydrogens is 905 g/mol. The number of rotatable bonds is 30. The third-order valence-electron chi connectivity index (χ3n) is 13.1. The van der Waals surface area contributed by atoms with Crippen LogP contribution >= 0.6 is 0 Å². The van der Waals surface area contributed by atoms with Gasteiger partial charge in [0.1, 0.15) is 20.2 Å². The summed E-state index contributed by atoms with van der Waals surface area (Å²) < 4.78 is 71.7. The minimum atomic E-state index is -4.55. The number of fused-ring (bicyclic) bond motifs is 2. The fourth-order valence-electron chi connectivity index (χ4n) is 9.50. The fraction of sp³-hybridized carbons (Fsp3) is 0.556. The minimum absolute atomic E-state index is 0. The van der Waals surface area contributed by atoms with E-state index in [0.717, 1.165) is 48.2 Å². The van der Waals surface area contributed by atoms with Gasteiger partial charge in [0, 0.05) is 13.1 Å². The van der Waals surface area contributed by atoms with Gasteiger partial charge in [-0.25, -0.2) is 16.8 Å². The molecule has 2 N–H and O–H groups in total. The summed E-state index contributed by atoms with van der Waals surface area (Å²) in [5.41, 5.74) is 4.68. The SMILES string of the molecule is CCCCCCCCCCCCCC1Nc2cccc(S(=O)(=O)[O-])c2N1Cc1ccccc1.CCCCCCCCCCCCCC1Nc2cccc(S(=O)(=O)[O-])c2N1Cc1ccccc1.[Ca+2]. The Morgan fingerprint density at radius 2 is 0.716 bits per heavy atom. The van der Waals surface area contributed by atoms with Crippen molar-refractivity contribution in [3.63, 3.8) is 0 Å². The first-order chi connectivity index (χ1) is 32.0. The summed E-state index contributed by atoms with van der Waals surface area (Å²) in [7, 11) is -9.11. The molecule has 13 heteroatoms. The van der Waals surface area contributed by atoms with Crippen LogP contribution in [0.4, 0.5) is 22.7 Å². The average molecular weight is 983 g/mol. The topological polar surface area (TPSA) is 145 Å². The predicted molar refractivity (Wildman–Crippen MR) is 277 cm³/mol. The summed E-state index contributed by atoms with van der Waals surface area (Å²) in [6, 6.07) is 29.8. The van der Waals surface area contributed by atoms with Crippen molar-refractivity contribution in [3.8, 4) is 0 Å². The van der Waals surface area contributed by atoms with E-state index in [9.17, 15) is 25.9 Å². The molecule has 67 heavy (non-hydrogen) atoms. The summed E-state index contributed by atoms with van der Waals surface area (Å²) in [6.07, 6.45) is 30.3. The average Bonchev–Trinajstić information content (AvgIpc) is 3.84. The van der Waals surface area contributed by atoms with Crippen molar-refractivity contribution in [1.29, 1.82) is 0 Å². The molecule has 10 nitrogen and oxygen atoms in total. The second-order valence-corrected chi connectivity index (χ2v) is 21.1. The van der Waals surface area contributed by atoms with Gasteiger partial charge in [-0.3, -0.25) is 0 Å². The van der Waals surface area contributed by atoms with E-state index in [1.165, 1.54) is 141 Å². The van der Waals surface area contributed by atoms with Crippen molar-refractivity contribution in [1.82, 2.24) is 0 Å². The molecule has 0 saturated carbocycles. The summed E-state index contributed by atoms with van der Waals surface area (Å²) in [4.78, 5) is 3.85. The van der Waals surface area contributed by atoms with E-state index < -0.39 is 20.2 Å². The molecule has 364 valence electrons. The smallest absolute Gasteiger partial charge is 0.744 e. The maximum absolute atomic E-state index is 11.9. The first-order valence-corrected chi connectivity index (χ1v) is 28.1. The number of anilines is 4. The molecule has 0 bridgehead atoms. The van der Waals surface area contributed by atoms with Crippen LogP contribution in [0.15, 0.2) is 107 Å². The van der Waals surface area contributed by atoms with E-state index in [1.807, 2.05) is 72.8 Å². The minimum Gasteiger partial charge on any atom is -0.744 e. The number of hydrogen-bond acceptors (Lipinski definition) is 10. The van der Waals surface area contributed by atoms with E-state index in [0.29, 0.717) is 24.5 Å². The van der Waals surface area contributed by atoms with Crippen LogP contribution < -0.4 is 20.4 Å². The van der Waals surface area contributed by atoms with Gasteiger partial charge in [-0.05, 0) is 61.1 Å². The molecule has 4 aromatic carbocycles. The van der Waals surface area contributed by atoms with Gasteiger partial charge in [-0.15, -0.1) is 0 Å². The molecule has 0 amide bonds. The molecule has 6 rings (SSSR count). The van der Waals surface area contributed by atoms with Crippen molar-refractivity contribution >= 4 is 80.7 Å². The second kappa shape index (κ2) is 30.7. The summed E-state index contributed by atoms with van der Waals surface area (Å²) in [5.74, 6) is 0. The first kappa shape index (κ1) is 56.7. The third kappa shape index (κ3) is 19.1. The van der Waals surface area contributed by atoms with Crippen molar-refractivity contribution in [2.75, 3.05) is 20.4 Å². The van der Waals surface area contributed by atoms with E-state index >= 15 is 0 Å². The number of para-hydroxylation sites is 2. The maximum atomic E-state index is 11.9. The van der Waals surface area contributed by atoms with Gasteiger partial charge in [-0.2, -0.15) is 0 Å². The standard InChI is InChI=1S/2C27H40N2O3S.Ca/c2*1-2-3-4-5-6-7-8-9-10-11-15-21-26-28-24-19-16-20-25(33(30,31)32)27(24)29(26)22-23-17-13-12-14-18-23;/h2*12-14,16-20,26,28H,2-11,15,21-22H2,1H3,(H,30,31,32);/q;;+2/p-2. The molecule has 2 aliphatic heterocycles. The van der Waals surface area contributed by atoms with Crippen LogP contribution in [0.5, 0.6) is 0 Å².